The largest absolute Gasteiger partial charge is 0.508 e. The van der Waals surface area contributed by atoms with Crippen molar-refractivity contribution >= 4 is 5.91 Å². The number of carbonyl (C=O) groups excluding carboxylic acids is 1. The molecule has 0 saturated carbocycles. The quantitative estimate of drug-likeness (QED) is 0.809. The molecule has 2 N–H and O–H groups in total. The van der Waals surface area contributed by atoms with Crippen LogP contribution in [-0.2, 0) is 0 Å². The predicted molar refractivity (Wildman–Crippen MR) is 70.8 cm³/mol. The molecule has 98 valence electrons. The van der Waals surface area contributed by atoms with E-state index in [2.05, 4.69) is 6.58 Å². The first-order valence-electron chi connectivity index (χ1n) is 5.72. The molecule has 0 atom stereocenters. The number of hydrogen-bond donors (Lipinski definition) is 2. The molecule has 1 aromatic carbocycles. The molecule has 1 aromatic rings. The lowest BCUT2D eigenvalue weighted by atomic mass is 10.0. The van der Waals surface area contributed by atoms with Crippen LogP contribution in [0, 0.1) is 0 Å². The monoisotopic (exact) mass is 249 g/mol. The van der Waals surface area contributed by atoms with Crippen LogP contribution in [0.15, 0.2) is 30.9 Å². The molecule has 0 bridgehead atoms. The summed E-state index contributed by atoms with van der Waals surface area (Å²) in [6, 6.07) is 3.94. The van der Waals surface area contributed by atoms with E-state index in [0.717, 1.165) is 6.07 Å². The second-order valence-corrected chi connectivity index (χ2v) is 5.08. The van der Waals surface area contributed by atoms with Crippen LogP contribution >= 0.6 is 0 Å². The average molecular weight is 249 g/mol. The van der Waals surface area contributed by atoms with E-state index in [0.29, 0.717) is 6.54 Å². The molecule has 1 amide bonds. The smallest absolute Gasteiger partial charge is 0.258 e. The summed E-state index contributed by atoms with van der Waals surface area (Å²) in [5.74, 6) is -0.590. The minimum Gasteiger partial charge on any atom is -0.508 e. The molecular weight excluding hydrogens is 230 g/mol. The molecule has 1 rings (SSSR count). The third kappa shape index (κ3) is 3.03. The van der Waals surface area contributed by atoms with Gasteiger partial charge in [-0.25, -0.2) is 0 Å². The number of aromatic hydroxyl groups is 2. The van der Waals surface area contributed by atoms with E-state index in [1.165, 1.54) is 12.1 Å². The van der Waals surface area contributed by atoms with Gasteiger partial charge in [-0.3, -0.25) is 4.79 Å². The number of carbonyl (C=O) groups is 1. The number of nitrogens with zero attached hydrogens (tertiary/aromatic N) is 1. The Kier molecular flexibility index (Phi) is 4.01. The van der Waals surface area contributed by atoms with Crippen molar-refractivity contribution in [3.05, 3.63) is 36.4 Å². The number of phenols is 2. The molecule has 0 saturated heterocycles. The Morgan fingerprint density at radius 2 is 2.00 bits per heavy atom. The Hall–Kier alpha value is -1.97. The van der Waals surface area contributed by atoms with Gasteiger partial charge in [0.2, 0.25) is 0 Å². The first kappa shape index (κ1) is 14.1. The third-order valence-electron chi connectivity index (χ3n) is 2.58. The molecule has 18 heavy (non-hydrogen) atoms. The Morgan fingerprint density at radius 3 is 2.44 bits per heavy atom. The highest BCUT2D eigenvalue weighted by Gasteiger charge is 2.27. The Labute approximate surface area is 107 Å². The fraction of sp³-hybridized carbons (Fsp3) is 0.357. The number of phenolic OH excluding ortho intramolecular Hbond substituents is 2. The van der Waals surface area contributed by atoms with Crippen LogP contribution < -0.4 is 0 Å². The highest BCUT2D eigenvalue weighted by molar-refractivity contribution is 5.97. The van der Waals surface area contributed by atoms with Crippen molar-refractivity contribution in [1.82, 2.24) is 4.90 Å². The van der Waals surface area contributed by atoms with E-state index >= 15 is 0 Å². The summed E-state index contributed by atoms with van der Waals surface area (Å²) in [4.78, 5) is 14.0. The summed E-state index contributed by atoms with van der Waals surface area (Å²) in [6.45, 7) is 9.75. The maximum absolute atomic E-state index is 12.4. The first-order chi connectivity index (χ1) is 8.27. The highest BCUT2D eigenvalue weighted by atomic mass is 16.3. The van der Waals surface area contributed by atoms with Crippen molar-refractivity contribution in [2.75, 3.05) is 6.54 Å². The van der Waals surface area contributed by atoms with Crippen LogP contribution in [0.2, 0.25) is 0 Å². The van der Waals surface area contributed by atoms with Gasteiger partial charge in [-0.15, -0.1) is 6.58 Å². The summed E-state index contributed by atoms with van der Waals surface area (Å²) < 4.78 is 0. The zero-order valence-corrected chi connectivity index (χ0v) is 11.0. The van der Waals surface area contributed by atoms with Gasteiger partial charge < -0.3 is 15.1 Å². The summed E-state index contributed by atoms with van der Waals surface area (Å²) in [5, 5.41) is 18.9. The Morgan fingerprint density at radius 1 is 1.39 bits per heavy atom. The lowest BCUT2D eigenvalue weighted by Gasteiger charge is -2.35. The summed E-state index contributed by atoms with van der Waals surface area (Å²) >= 11 is 0. The van der Waals surface area contributed by atoms with Gasteiger partial charge in [-0.2, -0.15) is 0 Å². The maximum atomic E-state index is 12.4. The summed E-state index contributed by atoms with van der Waals surface area (Å²) in [6.07, 6.45) is 1.64. The highest BCUT2D eigenvalue weighted by Crippen LogP contribution is 2.26. The second kappa shape index (κ2) is 5.12. The van der Waals surface area contributed by atoms with Crippen molar-refractivity contribution in [1.29, 1.82) is 0 Å². The lowest BCUT2D eigenvalue weighted by molar-refractivity contribution is 0.0613. The van der Waals surface area contributed by atoms with Gasteiger partial charge in [0.25, 0.3) is 5.91 Å². The first-order valence-corrected chi connectivity index (χ1v) is 5.72. The minimum absolute atomic E-state index is 0.0740. The summed E-state index contributed by atoms with van der Waals surface area (Å²) in [5.41, 5.74) is -0.208. The van der Waals surface area contributed by atoms with Gasteiger partial charge in [0.15, 0.2) is 0 Å². The molecule has 0 aliphatic carbocycles. The molecule has 0 unspecified atom stereocenters. The van der Waals surface area contributed by atoms with Crippen molar-refractivity contribution in [2.45, 2.75) is 26.3 Å². The Bertz CT molecular complexity index is 461. The molecular formula is C14H19NO3. The van der Waals surface area contributed by atoms with Crippen LogP contribution in [0.5, 0.6) is 11.5 Å². The molecule has 0 aliphatic rings. The SMILES string of the molecule is C=CCN(C(=O)c1ccc(O)cc1O)C(C)(C)C. The number of rotatable bonds is 3. The predicted octanol–water partition coefficient (Wildman–Crippen LogP) is 2.52. The van der Waals surface area contributed by atoms with Gasteiger partial charge in [0.1, 0.15) is 11.5 Å². The fourth-order valence-electron chi connectivity index (χ4n) is 1.64. The molecule has 0 radical (unpaired) electrons. The van der Waals surface area contributed by atoms with Gasteiger partial charge in [-0.1, -0.05) is 6.08 Å². The maximum Gasteiger partial charge on any atom is 0.258 e. The molecule has 0 aliphatic heterocycles. The van der Waals surface area contributed by atoms with Gasteiger partial charge in [-0.05, 0) is 32.9 Å². The molecule has 0 aromatic heterocycles. The molecule has 0 heterocycles. The Balaban J connectivity index is 3.14. The zero-order chi connectivity index (χ0) is 13.9. The van der Waals surface area contributed by atoms with Gasteiger partial charge >= 0.3 is 0 Å². The van der Waals surface area contributed by atoms with Crippen molar-refractivity contribution in [3.63, 3.8) is 0 Å². The number of benzene rings is 1. The van der Waals surface area contributed by atoms with Crippen LogP contribution in [-0.4, -0.2) is 33.1 Å². The standard InChI is InChI=1S/C14H19NO3/c1-5-8-15(14(2,3)4)13(18)11-7-6-10(16)9-12(11)17/h5-7,9,16-17H,1,8H2,2-4H3. The normalized spacial score (nSPS) is 11.1. The van der Waals surface area contributed by atoms with E-state index < -0.39 is 0 Å². The van der Waals surface area contributed by atoms with E-state index in [1.54, 1.807) is 11.0 Å². The molecule has 0 spiro atoms. The lowest BCUT2D eigenvalue weighted by Crippen LogP contribution is -2.45. The van der Waals surface area contributed by atoms with E-state index in [9.17, 15) is 15.0 Å². The third-order valence-corrected chi connectivity index (χ3v) is 2.58. The zero-order valence-electron chi connectivity index (χ0n) is 11.0. The van der Waals surface area contributed by atoms with Gasteiger partial charge in [0.05, 0.1) is 5.56 Å². The van der Waals surface area contributed by atoms with Crippen molar-refractivity contribution in [2.24, 2.45) is 0 Å². The number of hydrogen-bond acceptors (Lipinski definition) is 3. The number of amides is 1. The minimum atomic E-state index is -0.379. The fourth-order valence-corrected chi connectivity index (χ4v) is 1.64. The molecule has 4 heteroatoms. The van der Waals surface area contributed by atoms with Crippen LogP contribution in [0.1, 0.15) is 31.1 Å². The van der Waals surface area contributed by atoms with Crippen molar-refractivity contribution < 1.29 is 15.0 Å². The van der Waals surface area contributed by atoms with E-state index in [1.807, 2.05) is 20.8 Å². The van der Waals surface area contributed by atoms with E-state index in [4.69, 9.17) is 0 Å². The van der Waals surface area contributed by atoms with Crippen LogP contribution in [0.25, 0.3) is 0 Å². The van der Waals surface area contributed by atoms with Gasteiger partial charge in [0, 0.05) is 18.2 Å². The molecule has 4 nitrogen and oxygen atoms in total. The molecule has 0 fully saturated rings. The van der Waals surface area contributed by atoms with Crippen LogP contribution in [0.3, 0.4) is 0 Å². The second-order valence-electron chi connectivity index (χ2n) is 5.08. The topological polar surface area (TPSA) is 60.8 Å². The van der Waals surface area contributed by atoms with Crippen LogP contribution in [0.4, 0.5) is 0 Å². The summed E-state index contributed by atoms with van der Waals surface area (Å²) in [7, 11) is 0. The van der Waals surface area contributed by atoms with Crippen molar-refractivity contribution in [3.8, 4) is 11.5 Å². The average Bonchev–Trinajstić information content (AvgIpc) is 2.23. The van der Waals surface area contributed by atoms with E-state index in [-0.39, 0.29) is 28.5 Å².